The second kappa shape index (κ2) is 2.07. The lowest BCUT2D eigenvalue weighted by atomic mass is 9.91. The largest absolute Gasteiger partial charge is 0.246 e. The summed E-state index contributed by atoms with van der Waals surface area (Å²) in [5, 5.41) is 1.23. The normalized spacial score (nSPS) is 20.3. The molecule has 0 radical (unpaired) electrons. The molecule has 0 aromatic carbocycles. The predicted molar refractivity (Wildman–Crippen MR) is 48.0 cm³/mol. The summed E-state index contributed by atoms with van der Waals surface area (Å²) in [6, 6.07) is 0. The summed E-state index contributed by atoms with van der Waals surface area (Å²) in [6.07, 6.45) is 2.40. The Bertz CT molecular complexity index is 260. The molecule has 0 aliphatic heterocycles. The molecule has 2 heteroatoms. The van der Waals surface area contributed by atoms with Gasteiger partial charge in [-0.25, -0.2) is 4.98 Å². The molecule has 0 saturated carbocycles. The van der Waals surface area contributed by atoms with Gasteiger partial charge in [-0.2, -0.15) is 0 Å². The highest BCUT2D eigenvalue weighted by molar-refractivity contribution is 7.11. The molecule has 0 unspecified atom stereocenters. The fourth-order valence-corrected chi connectivity index (χ4v) is 2.95. The molecule has 1 aliphatic rings. The van der Waals surface area contributed by atoms with Crippen molar-refractivity contribution in [2.75, 3.05) is 0 Å². The molecule has 0 N–H and O–H groups in total. The second-order valence-corrected chi connectivity index (χ2v) is 5.41. The van der Waals surface area contributed by atoms with Crippen LogP contribution in [0.15, 0.2) is 0 Å². The number of rotatable bonds is 0. The lowest BCUT2D eigenvalue weighted by Crippen LogP contribution is -2.10. The van der Waals surface area contributed by atoms with Gasteiger partial charge in [0.25, 0.3) is 0 Å². The first-order valence-electron chi connectivity index (χ1n) is 4.02. The van der Waals surface area contributed by atoms with Gasteiger partial charge in [-0.3, -0.25) is 0 Å². The Morgan fingerprint density at radius 1 is 1.36 bits per heavy atom. The Labute approximate surface area is 71.5 Å². The summed E-state index contributed by atoms with van der Waals surface area (Å²) in [7, 11) is 0. The molecule has 1 aliphatic carbocycles. The first kappa shape index (κ1) is 7.29. The fourth-order valence-electron chi connectivity index (χ4n) is 1.74. The average molecular weight is 167 g/mol. The first-order valence-corrected chi connectivity index (χ1v) is 4.84. The molecular formula is C9H13NS. The van der Waals surface area contributed by atoms with E-state index in [9.17, 15) is 0 Å². The number of fused-ring (bicyclic) bond motifs is 1. The molecule has 1 nitrogen and oxygen atoms in total. The van der Waals surface area contributed by atoms with E-state index in [0.29, 0.717) is 5.41 Å². The van der Waals surface area contributed by atoms with Crippen LogP contribution in [-0.2, 0) is 12.8 Å². The standard InChI is InChI=1S/C9H13NS/c1-6-10-7-4-9(2,3)5-8(7)11-6/h4-5H2,1-3H3. The highest BCUT2D eigenvalue weighted by Crippen LogP contribution is 2.38. The number of hydrogen-bond acceptors (Lipinski definition) is 2. The number of nitrogens with zero attached hydrogens (tertiary/aromatic N) is 1. The van der Waals surface area contributed by atoms with Gasteiger partial charge in [0, 0.05) is 4.88 Å². The average Bonchev–Trinajstić information content (AvgIpc) is 2.17. The van der Waals surface area contributed by atoms with Crippen molar-refractivity contribution < 1.29 is 0 Å². The minimum absolute atomic E-state index is 0.474. The molecular weight excluding hydrogens is 154 g/mol. The quantitative estimate of drug-likeness (QED) is 0.578. The summed E-state index contributed by atoms with van der Waals surface area (Å²) < 4.78 is 0. The molecule has 0 amide bonds. The summed E-state index contributed by atoms with van der Waals surface area (Å²) in [4.78, 5) is 6.03. The van der Waals surface area contributed by atoms with Gasteiger partial charge in [-0.15, -0.1) is 11.3 Å². The van der Waals surface area contributed by atoms with E-state index in [4.69, 9.17) is 0 Å². The zero-order valence-electron chi connectivity index (χ0n) is 7.27. The third kappa shape index (κ3) is 1.20. The van der Waals surface area contributed by atoms with Gasteiger partial charge < -0.3 is 0 Å². The molecule has 60 valence electrons. The summed E-state index contributed by atoms with van der Waals surface area (Å²) in [5.74, 6) is 0. The maximum atomic E-state index is 4.51. The van der Waals surface area contributed by atoms with Gasteiger partial charge in [0.05, 0.1) is 10.7 Å². The fraction of sp³-hybridized carbons (Fsp3) is 0.667. The smallest absolute Gasteiger partial charge is 0.0900 e. The van der Waals surface area contributed by atoms with E-state index in [1.165, 1.54) is 28.4 Å². The summed E-state index contributed by atoms with van der Waals surface area (Å²) >= 11 is 1.87. The van der Waals surface area contributed by atoms with Crippen molar-refractivity contribution in [3.8, 4) is 0 Å². The van der Waals surface area contributed by atoms with Gasteiger partial charge in [-0.1, -0.05) is 13.8 Å². The van der Waals surface area contributed by atoms with Crippen LogP contribution in [0.2, 0.25) is 0 Å². The number of hydrogen-bond donors (Lipinski definition) is 0. The molecule has 2 rings (SSSR count). The Morgan fingerprint density at radius 2 is 2.09 bits per heavy atom. The monoisotopic (exact) mass is 167 g/mol. The van der Waals surface area contributed by atoms with Gasteiger partial charge in [-0.05, 0) is 25.2 Å². The lowest BCUT2D eigenvalue weighted by Gasteiger charge is -2.14. The van der Waals surface area contributed by atoms with Crippen molar-refractivity contribution in [1.29, 1.82) is 0 Å². The van der Waals surface area contributed by atoms with E-state index in [1.807, 2.05) is 11.3 Å². The van der Waals surface area contributed by atoms with Gasteiger partial charge in [0.1, 0.15) is 0 Å². The van der Waals surface area contributed by atoms with Crippen LogP contribution in [0, 0.1) is 12.3 Å². The van der Waals surface area contributed by atoms with Crippen molar-refractivity contribution >= 4 is 11.3 Å². The van der Waals surface area contributed by atoms with Gasteiger partial charge >= 0.3 is 0 Å². The van der Waals surface area contributed by atoms with Crippen molar-refractivity contribution in [2.45, 2.75) is 33.6 Å². The number of aromatic nitrogens is 1. The molecule has 0 fully saturated rings. The summed E-state index contributed by atoms with van der Waals surface area (Å²) in [5.41, 5.74) is 1.83. The predicted octanol–water partition coefficient (Wildman–Crippen LogP) is 2.58. The molecule has 0 atom stereocenters. The van der Waals surface area contributed by atoms with E-state index in [1.54, 1.807) is 0 Å². The van der Waals surface area contributed by atoms with Gasteiger partial charge in [0.15, 0.2) is 0 Å². The molecule has 11 heavy (non-hydrogen) atoms. The number of thiazole rings is 1. The lowest BCUT2D eigenvalue weighted by molar-refractivity contribution is 0.391. The zero-order valence-corrected chi connectivity index (χ0v) is 8.09. The highest BCUT2D eigenvalue weighted by atomic mass is 32.1. The van der Waals surface area contributed by atoms with Crippen LogP contribution in [0.3, 0.4) is 0 Å². The third-order valence-electron chi connectivity index (χ3n) is 2.17. The van der Waals surface area contributed by atoms with Crippen LogP contribution in [0.5, 0.6) is 0 Å². The maximum Gasteiger partial charge on any atom is 0.0900 e. The Hall–Kier alpha value is -0.370. The minimum Gasteiger partial charge on any atom is -0.246 e. The van der Waals surface area contributed by atoms with E-state index in [2.05, 4.69) is 25.8 Å². The van der Waals surface area contributed by atoms with Crippen LogP contribution in [-0.4, -0.2) is 4.98 Å². The molecule has 0 bridgehead atoms. The van der Waals surface area contributed by atoms with Crippen molar-refractivity contribution in [3.05, 3.63) is 15.6 Å². The van der Waals surface area contributed by atoms with Crippen molar-refractivity contribution in [1.82, 2.24) is 4.98 Å². The van der Waals surface area contributed by atoms with Crippen molar-refractivity contribution in [3.63, 3.8) is 0 Å². The summed E-state index contributed by atoms with van der Waals surface area (Å²) in [6.45, 7) is 6.73. The molecule has 1 aromatic rings. The topological polar surface area (TPSA) is 12.9 Å². The van der Waals surface area contributed by atoms with Crippen LogP contribution in [0.4, 0.5) is 0 Å². The van der Waals surface area contributed by atoms with Crippen LogP contribution in [0.1, 0.15) is 29.4 Å². The Morgan fingerprint density at radius 3 is 2.73 bits per heavy atom. The van der Waals surface area contributed by atoms with Crippen LogP contribution >= 0.6 is 11.3 Å². The van der Waals surface area contributed by atoms with Gasteiger partial charge in [0.2, 0.25) is 0 Å². The van der Waals surface area contributed by atoms with Crippen LogP contribution in [0.25, 0.3) is 0 Å². The molecule has 1 heterocycles. The zero-order chi connectivity index (χ0) is 8.06. The highest BCUT2D eigenvalue weighted by Gasteiger charge is 2.30. The van der Waals surface area contributed by atoms with E-state index in [0.717, 1.165) is 0 Å². The molecule has 0 saturated heterocycles. The Kier molecular flexibility index (Phi) is 1.37. The Balaban J connectivity index is 2.37. The SMILES string of the molecule is Cc1nc2c(s1)CC(C)(C)C2. The third-order valence-corrected chi connectivity index (χ3v) is 3.18. The number of aryl methyl sites for hydroxylation is 1. The van der Waals surface area contributed by atoms with Crippen molar-refractivity contribution in [2.24, 2.45) is 5.41 Å². The maximum absolute atomic E-state index is 4.51. The molecule has 0 spiro atoms. The van der Waals surface area contributed by atoms with Crippen LogP contribution < -0.4 is 0 Å². The van der Waals surface area contributed by atoms with E-state index < -0.39 is 0 Å². The second-order valence-electron chi connectivity index (χ2n) is 4.12. The first-order chi connectivity index (χ1) is 5.07. The van der Waals surface area contributed by atoms with E-state index >= 15 is 0 Å². The minimum atomic E-state index is 0.474. The van der Waals surface area contributed by atoms with E-state index in [-0.39, 0.29) is 0 Å². The molecule has 1 aromatic heterocycles.